The fraction of sp³-hybridized carbons (Fsp3) is 0.462. The van der Waals surface area contributed by atoms with Gasteiger partial charge in [-0.15, -0.1) is 0 Å². The number of nitrogens with zero attached hydrogens (tertiary/aromatic N) is 3. The van der Waals surface area contributed by atoms with E-state index in [1.165, 1.54) is 29.3 Å². The average molecular weight is 533 g/mol. The molecule has 200 valence electrons. The molecule has 0 aromatic heterocycles. The molecule has 0 spiro atoms. The Morgan fingerprint density at radius 3 is 2.49 bits per heavy atom. The zero-order valence-corrected chi connectivity index (χ0v) is 22.1. The van der Waals surface area contributed by atoms with Gasteiger partial charge in [0.25, 0.3) is 5.91 Å². The van der Waals surface area contributed by atoms with Crippen LogP contribution in [0.2, 0.25) is 0 Å². The Kier molecular flexibility index (Phi) is 8.15. The molecule has 1 unspecified atom stereocenters. The molecule has 2 aromatic carbocycles. The van der Waals surface area contributed by atoms with Crippen molar-refractivity contribution in [2.24, 2.45) is 0 Å². The first kappa shape index (κ1) is 27.0. The van der Waals surface area contributed by atoms with E-state index in [1.54, 1.807) is 12.1 Å². The standard InChI is InChI=1S/C26H33FN4O5S/c1-18-9-12-25(20-7-5-4-6-8-20)37(34,35)31(18)16-21-10-11-22(15-23(21)27)29-13-14-30(19(2)32)24(17-29)26(33)28-36-3/h4-8,10-11,15,18,24-25H,9,12-14,16-17H2,1-3H3,(H,28,33)/t18-,24-,25?/m0/s1. The van der Waals surface area contributed by atoms with Crippen molar-refractivity contribution in [3.8, 4) is 0 Å². The number of sulfonamides is 1. The maximum Gasteiger partial charge on any atom is 0.268 e. The molecular weight excluding hydrogens is 499 g/mol. The lowest BCUT2D eigenvalue weighted by Gasteiger charge is -2.41. The second kappa shape index (κ2) is 11.2. The number of amides is 2. The molecule has 11 heteroatoms. The largest absolute Gasteiger partial charge is 0.367 e. The fourth-order valence-electron chi connectivity index (χ4n) is 5.17. The van der Waals surface area contributed by atoms with Crippen LogP contribution in [0.3, 0.4) is 0 Å². The summed E-state index contributed by atoms with van der Waals surface area (Å²) in [5.74, 6) is -1.21. The van der Waals surface area contributed by atoms with E-state index in [1.807, 2.05) is 42.2 Å². The maximum atomic E-state index is 15.3. The van der Waals surface area contributed by atoms with Crippen molar-refractivity contribution >= 4 is 27.5 Å². The highest BCUT2D eigenvalue weighted by molar-refractivity contribution is 7.89. The number of hydroxylamine groups is 1. The summed E-state index contributed by atoms with van der Waals surface area (Å²) in [6.45, 7) is 4.08. The lowest BCUT2D eigenvalue weighted by atomic mass is 10.0. The van der Waals surface area contributed by atoms with Gasteiger partial charge in [0, 0.05) is 50.4 Å². The van der Waals surface area contributed by atoms with Crippen molar-refractivity contribution < 1.29 is 27.2 Å². The molecule has 2 aliphatic rings. The fourth-order valence-corrected chi connectivity index (χ4v) is 7.36. The molecule has 0 aliphatic carbocycles. The predicted octanol–water partition coefficient (Wildman–Crippen LogP) is 2.60. The number of hydrogen-bond acceptors (Lipinski definition) is 6. The summed E-state index contributed by atoms with van der Waals surface area (Å²) in [4.78, 5) is 32.5. The van der Waals surface area contributed by atoms with Gasteiger partial charge in [-0.1, -0.05) is 36.4 Å². The van der Waals surface area contributed by atoms with Gasteiger partial charge in [-0.2, -0.15) is 4.31 Å². The van der Waals surface area contributed by atoms with E-state index in [0.29, 0.717) is 31.6 Å². The van der Waals surface area contributed by atoms with Gasteiger partial charge in [-0.05, 0) is 37.5 Å². The van der Waals surface area contributed by atoms with E-state index in [0.717, 1.165) is 5.56 Å². The smallest absolute Gasteiger partial charge is 0.268 e. The third-order valence-corrected chi connectivity index (χ3v) is 9.58. The Balaban J connectivity index is 1.53. The van der Waals surface area contributed by atoms with E-state index >= 15 is 4.39 Å². The molecule has 9 nitrogen and oxygen atoms in total. The van der Waals surface area contributed by atoms with E-state index in [2.05, 4.69) is 5.48 Å². The molecule has 2 aliphatic heterocycles. The van der Waals surface area contributed by atoms with Gasteiger partial charge in [0.05, 0.1) is 7.11 Å². The Bertz CT molecular complexity index is 1240. The molecule has 0 saturated carbocycles. The molecule has 2 heterocycles. The average Bonchev–Trinajstić information content (AvgIpc) is 2.87. The van der Waals surface area contributed by atoms with Crippen molar-refractivity contribution in [1.82, 2.24) is 14.7 Å². The normalized spacial score (nSPS) is 24.1. The van der Waals surface area contributed by atoms with Crippen LogP contribution >= 0.6 is 0 Å². The second-order valence-corrected chi connectivity index (χ2v) is 11.6. The van der Waals surface area contributed by atoms with E-state index in [-0.39, 0.29) is 30.6 Å². The minimum atomic E-state index is -3.69. The third kappa shape index (κ3) is 5.63. The van der Waals surface area contributed by atoms with Gasteiger partial charge in [0.15, 0.2) is 0 Å². The number of carbonyl (C=O) groups excluding carboxylic acids is 2. The SMILES string of the molecule is CONC(=O)[C@@H]1CN(c2ccc(CN3[C@@H](C)CCC(c4ccccc4)S3(=O)=O)c(F)c2)CCN1C(C)=O. The molecule has 1 N–H and O–H groups in total. The lowest BCUT2D eigenvalue weighted by Crippen LogP contribution is -2.60. The molecule has 2 saturated heterocycles. The number of rotatable bonds is 6. The van der Waals surface area contributed by atoms with Crippen LogP contribution in [0.25, 0.3) is 0 Å². The molecule has 3 atom stereocenters. The Morgan fingerprint density at radius 2 is 1.84 bits per heavy atom. The molecule has 2 fully saturated rings. The highest BCUT2D eigenvalue weighted by Crippen LogP contribution is 2.38. The van der Waals surface area contributed by atoms with Gasteiger partial charge in [0.1, 0.15) is 17.1 Å². The molecule has 2 amide bonds. The minimum absolute atomic E-state index is 0.0596. The summed E-state index contributed by atoms with van der Waals surface area (Å²) in [6.07, 6.45) is 1.21. The molecule has 0 radical (unpaired) electrons. The van der Waals surface area contributed by atoms with Crippen LogP contribution in [0.4, 0.5) is 10.1 Å². The van der Waals surface area contributed by atoms with Crippen molar-refractivity contribution in [1.29, 1.82) is 0 Å². The monoisotopic (exact) mass is 532 g/mol. The van der Waals surface area contributed by atoms with Gasteiger partial charge in [-0.3, -0.25) is 14.4 Å². The summed E-state index contributed by atoms with van der Waals surface area (Å²) >= 11 is 0. The van der Waals surface area contributed by atoms with E-state index in [9.17, 15) is 18.0 Å². The van der Waals surface area contributed by atoms with Crippen LogP contribution < -0.4 is 10.4 Å². The first-order valence-electron chi connectivity index (χ1n) is 12.3. The summed E-state index contributed by atoms with van der Waals surface area (Å²) in [6, 6.07) is 12.8. The van der Waals surface area contributed by atoms with Crippen molar-refractivity contribution in [2.75, 3.05) is 31.6 Å². The van der Waals surface area contributed by atoms with Crippen LogP contribution in [-0.4, -0.2) is 68.3 Å². The number of anilines is 1. The Labute approximate surface area is 217 Å². The number of hydrogen-bond donors (Lipinski definition) is 1. The molecular formula is C26H33FN4O5S. The lowest BCUT2D eigenvalue weighted by molar-refractivity contribution is -0.145. The Morgan fingerprint density at radius 1 is 1.11 bits per heavy atom. The number of piperazine rings is 1. The summed E-state index contributed by atoms with van der Waals surface area (Å²) < 4.78 is 43.7. The van der Waals surface area contributed by atoms with E-state index in [4.69, 9.17) is 4.84 Å². The predicted molar refractivity (Wildman–Crippen MR) is 137 cm³/mol. The first-order valence-corrected chi connectivity index (χ1v) is 13.8. The number of carbonyl (C=O) groups is 2. The summed E-state index contributed by atoms with van der Waals surface area (Å²) in [5, 5.41) is -0.653. The van der Waals surface area contributed by atoms with Gasteiger partial charge >= 0.3 is 0 Å². The van der Waals surface area contributed by atoms with Crippen LogP contribution in [0.15, 0.2) is 48.5 Å². The highest BCUT2D eigenvalue weighted by atomic mass is 32.2. The molecule has 0 bridgehead atoms. The van der Waals surface area contributed by atoms with Crippen LogP contribution in [-0.2, 0) is 31.0 Å². The topological polar surface area (TPSA) is 99.3 Å². The van der Waals surface area contributed by atoms with Crippen LogP contribution in [0, 0.1) is 5.82 Å². The second-order valence-electron chi connectivity index (χ2n) is 9.54. The number of halogens is 1. The minimum Gasteiger partial charge on any atom is -0.367 e. The highest BCUT2D eigenvalue weighted by Gasteiger charge is 2.41. The molecule has 37 heavy (non-hydrogen) atoms. The zero-order valence-electron chi connectivity index (χ0n) is 21.3. The summed E-state index contributed by atoms with van der Waals surface area (Å²) in [5.41, 5.74) is 3.85. The van der Waals surface area contributed by atoms with Crippen LogP contribution in [0.1, 0.15) is 43.1 Å². The first-order chi connectivity index (χ1) is 17.6. The van der Waals surface area contributed by atoms with Gasteiger partial charge < -0.3 is 9.80 Å². The van der Waals surface area contributed by atoms with Crippen molar-refractivity contribution in [2.45, 2.75) is 50.6 Å². The van der Waals surface area contributed by atoms with Crippen molar-refractivity contribution in [3.63, 3.8) is 0 Å². The summed E-state index contributed by atoms with van der Waals surface area (Å²) in [7, 11) is -2.37. The van der Waals surface area contributed by atoms with Crippen molar-refractivity contribution in [3.05, 3.63) is 65.5 Å². The van der Waals surface area contributed by atoms with Gasteiger partial charge in [-0.25, -0.2) is 18.3 Å². The molecule has 4 rings (SSSR count). The number of benzene rings is 2. The Hall–Kier alpha value is -3.02. The van der Waals surface area contributed by atoms with Gasteiger partial charge in [0.2, 0.25) is 15.9 Å². The quantitative estimate of drug-likeness (QED) is 0.575. The molecule has 2 aromatic rings. The van der Waals surface area contributed by atoms with E-state index < -0.39 is 33.0 Å². The van der Waals surface area contributed by atoms with Crippen LogP contribution in [0.5, 0.6) is 0 Å². The zero-order chi connectivity index (χ0) is 26.7. The maximum absolute atomic E-state index is 15.3. The third-order valence-electron chi connectivity index (χ3n) is 7.21. The number of nitrogens with one attached hydrogen (secondary N) is 1.